The van der Waals surface area contributed by atoms with Crippen LogP contribution >= 0.6 is 0 Å². The van der Waals surface area contributed by atoms with E-state index >= 15 is 0 Å². The van der Waals surface area contributed by atoms with Gasteiger partial charge in [0.1, 0.15) is 0 Å². The summed E-state index contributed by atoms with van der Waals surface area (Å²) in [4.78, 5) is 2.54. The van der Waals surface area contributed by atoms with Crippen molar-refractivity contribution in [1.82, 2.24) is 4.90 Å². The molecule has 1 saturated carbocycles. The number of ether oxygens (including phenoxy) is 1. The normalized spacial score (nSPS) is 30.5. The second-order valence-electron chi connectivity index (χ2n) is 7.65. The molecule has 0 radical (unpaired) electrons. The van der Waals surface area contributed by atoms with Crippen LogP contribution in [-0.2, 0) is 4.74 Å². The van der Waals surface area contributed by atoms with Crippen LogP contribution in [0.3, 0.4) is 0 Å². The van der Waals surface area contributed by atoms with Crippen molar-refractivity contribution < 1.29 is 4.74 Å². The Morgan fingerprint density at radius 1 is 1.00 bits per heavy atom. The zero-order valence-corrected chi connectivity index (χ0v) is 12.6. The zero-order valence-electron chi connectivity index (χ0n) is 12.6. The fourth-order valence-corrected chi connectivity index (χ4v) is 3.81. The Kier molecular flexibility index (Phi) is 3.79. The van der Waals surface area contributed by atoms with Crippen molar-refractivity contribution >= 4 is 0 Å². The first-order valence-electron chi connectivity index (χ1n) is 7.41. The van der Waals surface area contributed by atoms with Crippen LogP contribution in [0.2, 0.25) is 0 Å². The molecule has 18 heavy (non-hydrogen) atoms. The fraction of sp³-hybridized carbons (Fsp3) is 1.00. The van der Waals surface area contributed by atoms with E-state index in [9.17, 15) is 0 Å². The quantitative estimate of drug-likeness (QED) is 0.841. The number of hydrogen-bond acceptors (Lipinski definition) is 3. The summed E-state index contributed by atoms with van der Waals surface area (Å²) >= 11 is 0. The van der Waals surface area contributed by atoms with E-state index in [0.29, 0.717) is 0 Å². The highest BCUT2D eigenvalue weighted by atomic mass is 16.5. The van der Waals surface area contributed by atoms with Crippen molar-refractivity contribution in [3.63, 3.8) is 0 Å². The highest BCUT2D eigenvalue weighted by molar-refractivity contribution is 4.93. The largest absolute Gasteiger partial charge is 0.367 e. The van der Waals surface area contributed by atoms with Gasteiger partial charge in [0, 0.05) is 25.2 Å². The van der Waals surface area contributed by atoms with Crippen LogP contribution in [0.25, 0.3) is 0 Å². The van der Waals surface area contributed by atoms with Crippen molar-refractivity contribution in [1.29, 1.82) is 0 Å². The molecule has 0 bridgehead atoms. The molecule has 2 aliphatic rings. The molecule has 0 amide bonds. The van der Waals surface area contributed by atoms with Crippen molar-refractivity contribution in [2.24, 2.45) is 5.73 Å². The smallest absolute Gasteiger partial charge is 0.0760 e. The summed E-state index contributed by atoms with van der Waals surface area (Å²) in [5.41, 5.74) is 6.49. The highest BCUT2D eigenvalue weighted by Crippen LogP contribution is 2.32. The van der Waals surface area contributed by atoms with E-state index < -0.39 is 0 Å². The lowest BCUT2D eigenvalue weighted by Crippen LogP contribution is -2.58. The molecule has 3 heteroatoms. The molecule has 0 aromatic heterocycles. The third-order valence-corrected chi connectivity index (χ3v) is 4.29. The van der Waals surface area contributed by atoms with Crippen molar-refractivity contribution in [3.05, 3.63) is 0 Å². The van der Waals surface area contributed by atoms with Gasteiger partial charge in [-0.15, -0.1) is 0 Å². The lowest BCUT2D eigenvalue weighted by molar-refractivity contribution is -0.180. The summed E-state index contributed by atoms with van der Waals surface area (Å²) in [6, 6.07) is 0. The number of nitrogens with zero attached hydrogens (tertiary/aromatic N) is 1. The van der Waals surface area contributed by atoms with Gasteiger partial charge in [0.15, 0.2) is 0 Å². The van der Waals surface area contributed by atoms with Crippen LogP contribution in [0.1, 0.15) is 59.8 Å². The summed E-state index contributed by atoms with van der Waals surface area (Å²) in [6.45, 7) is 11.9. The molecule has 2 fully saturated rings. The predicted molar refractivity (Wildman–Crippen MR) is 75.7 cm³/mol. The molecular formula is C15H30N2O. The van der Waals surface area contributed by atoms with Gasteiger partial charge in [-0.05, 0) is 47.0 Å². The topological polar surface area (TPSA) is 38.5 Å². The van der Waals surface area contributed by atoms with Gasteiger partial charge >= 0.3 is 0 Å². The molecule has 0 aromatic rings. The molecule has 3 nitrogen and oxygen atoms in total. The fourth-order valence-electron chi connectivity index (χ4n) is 3.81. The van der Waals surface area contributed by atoms with Gasteiger partial charge < -0.3 is 10.5 Å². The molecule has 2 rings (SSSR count). The number of hydrogen-bond donors (Lipinski definition) is 1. The van der Waals surface area contributed by atoms with Gasteiger partial charge in [-0.1, -0.05) is 12.8 Å². The van der Waals surface area contributed by atoms with Crippen LogP contribution < -0.4 is 5.73 Å². The maximum absolute atomic E-state index is 6.45. The monoisotopic (exact) mass is 254 g/mol. The summed E-state index contributed by atoms with van der Waals surface area (Å²) in [6.07, 6.45) is 6.20. The summed E-state index contributed by atoms with van der Waals surface area (Å²) < 4.78 is 6.12. The molecule has 0 unspecified atom stereocenters. The van der Waals surface area contributed by atoms with Crippen LogP contribution in [-0.4, -0.2) is 41.3 Å². The van der Waals surface area contributed by atoms with Crippen LogP contribution in [0.4, 0.5) is 0 Å². The summed E-state index contributed by atoms with van der Waals surface area (Å²) in [5.74, 6) is 0. The first-order chi connectivity index (χ1) is 8.20. The average molecular weight is 254 g/mol. The zero-order chi connectivity index (χ0) is 13.4. The Balaban J connectivity index is 1.89. The molecule has 1 aliphatic heterocycles. The molecular weight excluding hydrogens is 224 g/mol. The summed E-state index contributed by atoms with van der Waals surface area (Å²) in [5, 5.41) is 0. The molecule has 1 heterocycles. The van der Waals surface area contributed by atoms with Gasteiger partial charge in [-0.25, -0.2) is 0 Å². The van der Waals surface area contributed by atoms with E-state index in [0.717, 1.165) is 26.1 Å². The Hall–Kier alpha value is -0.120. The molecule has 106 valence electrons. The molecule has 0 aromatic carbocycles. The standard InChI is InChI=1S/C15H30N2O/c1-13(2)11-17(12-14(3,4)18-13)10-9-15(16)7-5-6-8-15/h5-12,16H2,1-4H3. The molecule has 2 N–H and O–H groups in total. The minimum absolute atomic E-state index is 0.0425. The minimum Gasteiger partial charge on any atom is -0.367 e. The third-order valence-electron chi connectivity index (χ3n) is 4.29. The SMILES string of the molecule is CC1(C)CN(CCC2(N)CCCC2)CC(C)(C)O1. The van der Waals surface area contributed by atoms with E-state index in [2.05, 4.69) is 32.6 Å². The van der Waals surface area contributed by atoms with E-state index in [-0.39, 0.29) is 16.7 Å². The van der Waals surface area contributed by atoms with Gasteiger partial charge in [0.05, 0.1) is 11.2 Å². The van der Waals surface area contributed by atoms with E-state index in [1.54, 1.807) is 0 Å². The molecule has 1 saturated heterocycles. The first-order valence-corrected chi connectivity index (χ1v) is 7.41. The van der Waals surface area contributed by atoms with Crippen LogP contribution in [0.15, 0.2) is 0 Å². The Labute approximate surface area is 112 Å². The van der Waals surface area contributed by atoms with Crippen molar-refractivity contribution in [2.45, 2.75) is 76.5 Å². The van der Waals surface area contributed by atoms with Gasteiger partial charge in [-0.3, -0.25) is 4.90 Å². The number of nitrogens with two attached hydrogens (primary N) is 1. The van der Waals surface area contributed by atoms with Gasteiger partial charge in [0.2, 0.25) is 0 Å². The minimum atomic E-state index is -0.0425. The maximum atomic E-state index is 6.45. The van der Waals surface area contributed by atoms with E-state index in [4.69, 9.17) is 10.5 Å². The Morgan fingerprint density at radius 3 is 2.00 bits per heavy atom. The second kappa shape index (κ2) is 4.77. The average Bonchev–Trinajstić information content (AvgIpc) is 2.58. The second-order valence-corrected chi connectivity index (χ2v) is 7.65. The molecule has 1 aliphatic carbocycles. The number of morpholine rings is 1. The number of rotatable bonds is 3. The lowest BCUT2D eigenvalue weighted by atomic mass is 9.93. The van der Waals surface area contributed by atoms with Gasteiger partial charge in [0.25, 0.3) is 0 Å². The molecule has 0 spiro atoms. The lowest BCUT2D eigenvalue weighted by Gasteiger charge is -2.47. The summed E-state index contributed by atoms with van der Waals surface area (Å²) in [7, 11) is 0. The van der Waals surface area contributed by atoms with Crippen LogP contribution in [0, 0.1) is 0 Å². The predicted octanol–water partition coefficient (Wildman–Crippen LogP) is 2.54. The highest BCUT2D eigenvalue weighted by Gasteiger charge is 2.39. The van der Waals surface area contributed by atoms with E-state index in [1.807, 2.05) is 0 Å². The Bertz CT molecular complexity index is 277. The third kappa shape index (κ3) is 3.69. The van der Waals surface area contributed by atoms with Gasteiger partial charge in [-0.2, -0.15) is 0 Å². The van der Waals surface area contributed by atoms with Crippen molar-refractivity contribution in [2.75, 3.05) is 19.6 Å². The Morgan fingerprint density at radius 2 is 1.50 bits per heavy atom. The van der Waals surface area contributed by atoms with E-state index in [1.165, 1.54) is 25.7 Å². The maximum Gasteiger partial charge on any atom is 0.0760 e. The van der Waals surface area contributed by atoms with Crippen LogP contribution in [0.5, 0.6) is 0 Å². The molecule has 0 atom stereocenters. The first kappa shape index (κ1) is 14.3. The van der Waals surface area contributed by atoms with Crippen molar-refractivity contribution in [3.8, 4) is 0 Å².